The maximum Gasteiger partial charge on any atom is 0.234 e. The van der Waals surface area contributed by atoms with Gasteiger partial charge in [-0.05, 0) is 25.3 Å². The van der Waals surface area contributed by atoms with E-state index >= 15 is 0 Å². The van der Waals surface area contributed by atoms with Crippen molar-refractivity contribution in [3.8, 4) is 11.5 Å². The smallest absolute Gasteiger partial charge is 0.234 e. The number of carbonyl (C=O) groups is 1. The lowest BCUT2D eigenvalue weighted by Gasteiger charge is -2.33. The molecule has 0 radical (unpaired) electrons. The Labute approximate surface area is 146 Å². The molecular formula is C17H24N4O2S. The summed E-state index contributed by atoms with van der Waals surface area (Å²) < 4.78 is 5.81. The summed E-state index contributed by atoms with van der Waals surface area (Å²) in [6.07, 6.45) is 0. The van der Waals surface area contributed by atoms with E-state index < -0.39 is 0 Å². The highest BCUT2D eigenvalue weighted by Crippen LogP contribution is 2.24. The summed E-state index contributed by atoms with van der Waals surface area (Å²) in [7, 11) is 0. The van der Waals surface area contributed by atoms with Gasteiger partial charge in [0, 0.05) is 50.2 Å². The van der Waals surface area contributed by atoms with Gasteiger partial charge >= 0.3 is 0 Å². The summed E-state index contributed by atoms with van der Waals surface area (Å²) in [6, 6.07) is 2.03. The van der Waals surface area contributed by atoms with Crippen molar-refractivity contribution >= 4 is 17.2 Å². The fourth-order valence-electron chi connectivity index (χ4n) is 2.86. The van der Waals surface area contributed by atoms with Gasteiger partial charge in [-0.2, -0.15) is 11.3 Å². The Bertz CT molecular complexity index is 660. The predicted molar refractivity (Wildman–Crippen MR) is 95.0 cm³/mol. The first-order valence-corrected chi connectivity index (χ1v) is 9.30. The SMILES string of the molecule is CCNC(=O)CN1CCN(Cc2nc(-c3ccsc3)oc2C)CC1. The number of aryl methyl sites for hydroxylation is 1. The number of likely N-dealkylation sites (N-methyl/N-ethyl adjacent to an activating group) is 1. The standard InChI is InChI=1S/C17H24N4O2S/c1-3-18-16(22)11-21-7-5-20(6-8-21)10-15-13(2)23-17(19-15)14-4-9-24-12-14/h4,9,12H,3,5-8,10-11H2,1-2H3,(H,18,22). The van der Waals surface area contributed by atoms with Gasteiger partial charge in [0.15, 0.2) is 0 Å². The molecule has 0 saturated carbocycles. The molecule has 0 spiro atoms. The van der Waals surface area contributed by atoms with Gasteiger partial charge in [0.2, 0.25) is 11.8 Å². The highest BCUT2D eigenvalue weighted by Gasteiger charge is 2.21. The van der Waals surface area contributed by atoms with Crippen molar-refractivity contribution in [3.05, 3.63) is 28.3 Å². The number of hydrogen-bond acceptors (Lipinski definition) is 6. The minimum Gasteiger partial charge on any atom is -0.441 e. The molecule has 1 saturated heterocycles. The Kier molecular flexibility index (Phi) is 5.65. The number of hydrogen-bond donors (Lipinski definition) is 1. The van der Waals surface area contributed by atoms with Crippen LogP contribution in [0.25, 0.3) is 11.5 Å². The number of thiophene rings is 1. The first kappa shape index (κ1) is 17.1. The second kappa shape index (κ2) is 7.92. The number of nitrogens with one attached hydrogen (secondary N) is 1. The normalized spacial score (nSPS) is 16.4. The Hall–Kier alpha value is -1.70. The van der Waals surface area contributed by atoms with Crippen LogP contribution in [0, 0.1) is 6.92 Å². The van der Waals surface area contributed by atoms with E-state index in [1.807, 2.05) is 25.3 Å². The molecule has 1 N–H and O–H groups in total. The molecule has 0 bridgehead atoms. The zero-order chi connectivity index (χ0) is 16.9. The molecule has 3 heterocycles. The van der Waals surface area contributed by atoms with E-state index in [0.717, 1.165) is 49.7 Å². The lowest BCUT2D eigenvalue weighted by Crippen LogP contribution is -2.49. The van der Waals surface area contributed by atoms with Crippen molar-refractivity contribution < 1.29 is 9.21 Å². The molecular weight excluding hydrogens is 324 g/mol. The molecule has 0 atom stereocenters. The Balaban J connectivity index is 1.52. The monoisotopic (exact) mass is 348 g/mol. The zero-order valence-electron chi connectivity index (χ0n) is 14.2. The van der Waals surface area contributed by atoms with Gasteiger partial charge in [-0.3, -0.25) is 14.6 Å². The van der Waals surface area contributed by atoms with Gasteiger partial charge in [-0.1, -0.05) is 0 Å². The van der Waals surface area contributed by atoms with Gasteiger partial charge < -0.3 is 9.73 Å². The van der Waals surface area contributed by atoms with Crippen LogP contribution in [0.15, 0.2) is 21.2 Å². The number of nitrogens with zero attached hydrogens (tertiary/aromatic N) is 3. The summed E-state index contributed by atoms with van der Waals surface area (Å²) in [5.41, 5.74) is 2.05. The van der Waals surface area contributed by atoms with E-state index in [9.17, 15) is 4.79 Å². The molecule has 0 aromatic carbocycles. The molecule has 0 aliphatic carbocycles. The second-order valence-electron chi connectivity index (χ2n) is 6.04. The summed E-state index contributed by atoms with van der Waals surface area (Å²) in [6.45, 7) is 9.61. The van der Waals surface area contributed by atoms with Crippen LogP contribution in [0.4, 0.5) is 0 Å². The maximum absolute atomic E-state index is 11.7. The molecule has 0 unspecified atom stereocenters. The molecule has 7 heteroatoms. The fraction of sp³-hybridized carbons (Fsp3) is 0.529. The number of amides is 1. The second-order valence-corrected chi connectivity index (χ2v) is 6.82. The van der Waals surface area contributed by atoms with Crippen LogP contribution in [0.2, 0.25) is 0 Å². The van der Waals surface area contributed by atoms with E-state index in [1.54, 1.807) is 11.3 Å². The van der Waals surface area contributed by atoms with Crippen LogP contribution in [-0.2, 0) is 11.3 Å². The average Bonchev–Trinajstić information content (AvgIpc) is 3.20. The molecule has 1 aliphatic heterocycles. The first-order chi connectivity index (χ1) is 11.7. The third-order valence-corrected chi connectivity index (χ3v) is 4.92. The average molecular weight is 348 g/mol. The summed E-state index contributed by atoms with van der Waals surface area (Å²) in [5, 5.41) is 6.93. The lowest BCUT2D eigenvalue weighted by molar-refractivity contribution is -0.122. The maximum atomic E-state index is 11.7. The molecule has 6 nitrogen and oxygen atoms in total. The molecule has 2 aromatic heterocycles. The van der Waals surface area contributed by atoms with E-state index in [2.05, 4.69) is 25.5 Å². The topological polar surface area (TPSA) is 61.6 Å². The van der Waals surface area contributed by atoms with Crippen molar-refractivity contribution in [2.24, 2.45) is 0 Å². The highest BCUT2D eigenvalue weighted by atomic mass is 32.1. The summed E-state index contributed by atoms with van der Waals surface area (Å²) in [4.78, 5) is 20.9. The van der Waals surface area contributed by atoms with Gasteiger partial charge in [0.1, 0.15) is 5.76 Å². The van der Waals surface area contributed by atoms with Crippen LogP contribution in [0.5, 0.6) is 0 Å². The Morgan fingerprint density at radius 3 is 2.75 bits per heavy atom. The molecule has 1 amide bonds. The third-order valence-electron chi connectivity index (χ3n) is 4.24. The first-order valence-electron chi connectivity index (χ1n) is 8.36. The Morgan fingerprint density at radius 2 is 2.08 bits per heavy atom. The third kappa shape index (κ3) is 4.23. The quantitative estimate of drug-likeness (QED) is 0.865. The number of carbonyl (C=O) groups excluding carboxylic acids is 1. The zero-order valence-corrected chi connectivity index (χ0v) is 15.1. The van der Waals surface area contributed by atoms with E-state index in [1.165, 1.54) is 0 Å². The van der Waals surface area contributed by atoms with Crippen molar-refractivity contribution in [2.45, 2.75) is 20.4 Å². The molecule has 2 aromatic rings. The van der Waals surface area contributed by atoms with Crippen molar-refractivity contribution in [1.82, 2.24) is 20.1 Å². The van der Waals surface area contributed by atoms with Crippen molar-refractivity contribution in [1.29, 1.82) is 0 Å². The number of aromatic nitrogens is 1. The molecule has 130 valence electrons. The van der Waals surface area contributed by atoms with Crippen LogP contribution < -0.4 is 5.32 Å². The molecule has 3 rings (SSSR count). The predicted octanol–water partition coefficient (Wildman–Crippen LogP) is 1.97. The van der Waals surface area contributed by atoms with Gasteiger partial charge in [-0.15, -0.1) is 0 Å². The fourth-order valence-corrected chi connectivity index (χ4v) is 3.49. The van der Waals surface area contributed by atoms with Crippen molar-refractivity contribution in [2.75, 3.05) is 39.3 Å². The van der Waals surface area contributed by atoms with Gasteiger partial charge in [0.05, 0.1) is 12.2 Å². The lowest BCUT2D eigenvalue weighted by atomic mass is 10.2. The number of rotatable bonds is 6. The Morgan fingerprint density at radius 1 is 1.33 bits per heavy atom. The van der Waals surface area contributed by atoms with Gasteiger partial charge in [0.25, 0.3) is 0 Å². The van der Waals surface area contributed by atoms with Gasteiger partial charge in [-0.25, -0.2) is 4.98 Å². The van der Waals surface area contributed by atoms with E-state index in [-0.39, 0.29) is 5.91 Å². The summed E-state index contributed by atoms with van der Waals surface area (Å²) >= 11 is 1.65. The minimum absolute atomic E-state index is 0.110. The van der Waals surface area contributed by atoms with Crippen molar-refractivity contribution in [3.63, 3.8) is 0 Å². The van der Waals surface area contributed by atoms with Crippen LogP contribution >= 0.6 is 11.3 Å². The summed E-state index contributed by atoms with van der Waals surface area (Å²) in [5.74, 6) is 1.71. The number of piperazine rings is 1. The highest BCUT2D eigenvalue weighted by molar-refractivity contribution is 7.08. The molecule has 1 fully saturated rings. The molecule has 24 heavy (non-hydrogen) atoms. The van der Waals surface area contributed by atoms with E-state index in [4.69, 9.17) is 4.42 Å². The molecule has 1 aliphatic rings. The van der Waals surface area contributed by atoms with Crippen LogP contribution in [0.3, 0.4) is 0 Å². The van der Waals surface area contributed by atoms with Crippen LogP contribution in [-0.4, -0.2) is 60.0 Å². The number of oxazole rings is 1. The largest absolute Gasteiger partial charge is 0.441 e. The van der Waals surface area contributed by atoms with E-state index in [0.29, 0.717) is 19.0 Å². The minimum atomic E-state index is 0.110. The van der Waals surface area contributed by atoms with Crippen LogP contribution in [0.1, 0.15) is 18.4 Å².